The van der Waals surface area contributed by atoms with Gasteiger partial charge in [-0.25, -0.2) is 4.79 Å². The molecule has 1 fully saturated rings. The number of benzene rings is 2. The van der Waals surface area contributed by atoms with E-state index in [1.807, 2.05) is 0 Å². The minimum Gasteiger partial charge on any atom is -0.482 e. The molecule has 2 aromatic rings. The highest BCUT2D eigenvalue weighted by atomic mass is 35.5. The SMILES string of the molecule is O=C(O)COc1cccc(/C=C2\SC(=S)N(c3cccc(Cl)c3)C2=O)c1. The normalized spacial score (nSPS) is 15.6. The molecule has 1 aliphatic heterocycles. The van der Waals surface area contributed by atoms with Crippen LogP contribution in [0.5, 0.6) is 5.75 Å². The lowest BCUT2D eigenvalue weighted by atomic mass is 10.2. The summed E-state index contributed by atoms with van der Waals surface area (Å²) in [6.07, 6.45) is 1.69. The van der Waals surface area contributed by atoms with Crippen LogP contribution in [0.15, 0.2) is 53.4 Å². The molecule has 3 rings (SSSR count). The molecule has 26 heavy (non-hydrogen) atoms. The van der Waals surface area contributed by atoms with Crippen molar-refractivity contribution in [2.45, 2.75) is 0 Å². The molecular formula is C18H12ClNO4S2. The van der Waals surface area contributed by atoms with Gasteiger partial charge in [0.15, 0.2) is 10.9 Å². The third-order valence-electron chi connectivity index (χ3n) is 3.38. The molecule has 0 radical (unpaired) electrons. The summed E-state index contributed by atoms with van der Waals surface area (Å²) >= 11 is 12.5. The Morgan fingerprint density at radius 1 is 1.27 bits per heavy atom. The van der Waals surface area contributed by atoms with E-state index in [1.54, 1.807) is 54.6 Å². The number of thioether (sulfide) groups is 1. The molecule has 1 N–H and O–H groups in total. The second-order valence-corrected chi connectivity index (χ2v) is 7.36. The number of hydrogen-bond donors (Lipinski definition) is 1. The molecule has 0 bridgehead atoms. The van der Waals surface area contributed by atoms with Crippen LogP contribution in [-0.4, -0.2) is 27.9 Å². The van der Waals surface area contributed by atoms with Crippen LogP contribution in [0.25, 0.3) is 6.08 Å². The fraction of sp³-hybridized carbons (Fsp3) is 0.0556. The number of aliphatic carboxylic acids is 1. The second kappa shape index (κ2) is 7.90. The van der Waals surface area contributed by atoms with Gasteiger partial charge in [0.2, 0.25) is 0 Å². The lowest BCUT2D eigenvalue weighted by Crippen LogP contribution is -2.27. The number of hydrogen-bond acceptors (Lipinski definition) is 5. The minimum atomic E-state index is -1.06. The lowest BCUT2D eigenvalue weighted by Gasteiger charge is -2.14. The molecule has 0 aromatic heterocycles. The van der Waals surface area contributed by atoms with Crippen LogP contribution in [-0.2, 0) is 9.59 Å². The van der Waals surface area contributed by atoms with Gasteiger partial charge < -0.3 is 9.84 Å². The summed E-state index contributed by atoms with van der Waals surface area (Å²) in [6.45, 7) is -0.430. The Balaban J connectivity index is 1.84. The zero-order chi connectivity index (χ0) is 18.7. The summed E-state index contributed by atoms with van der Waals surface area (Å²) in [5.41, 5.74) is 1.32. The van der Waals surface area contributed by atoms with Gasteiger partial charge in [-0.15, -0.1) is 0 Å². The predicted molar refractivity (Wildman–Crippen MR) is 107 cm³/mol. The van der Waals surface area contributed by atoms with Crippen LogP contribution in [0.2, 0.25) is 5.02 Å². The standard InChI is InChI=1S/C18H12ClNO4S2/c19-12-4-2-5-13(9-12)20-17(23)15(26-18(20)25)8-11-3-1-6-14(7-11)24-10-16(21)22/h1-9H,10H2,(H,21,22)/b15-8-. The first-order valence-electron chi connectivity index (χ1n) is 7.42. The first-order chi connectivity index (χ1) is 12.4. The van der Waals surface area contributed by atoms with Crippen molar-refractivity contribution in [1.29, 1.82) is 0 Å². The molecule has 1 heterocycles. The Hall–Kier alpha value is -2.35. The molecule has 0 spiro atoms. The Bertz CT molecular complexity index is 929. The molecular weight excluding hydrogens is 394 g/mol. The van der Waals surface area contributed by atoms with Crippen molar-refractivity contribution in [2.75, 3.05) is 11.5 Å². The van der Waals surface area contributed by atoms with Crippen molar-refractivity contribution in [3.63, 3.8) is 0 Å². The van der Waals surface area contributed by atoms with Crippen molar-refractivity contribution >= 4 is 63.5 Å². The highest BCUT2D eigenvalue weighted by molar-refractivity contribution is 8.27. The third-order valence-corrected chi connectivity index (χ3v) is 4.92. The van der Waals surface area contributed by atoms with Gasteiger partial charge in [0.25, 0.3) is 5.91 Å². The number of rotatable bonds is 5. The number of halogens is 1. The molecule has 0 atom stereocenters. The van der Waals surface area contributed by atoms with E-state index < -0.39 is 12.6 Å². The number of carboxylic acid groups (broad SMARTS) is 1. The first-order valence-corrected chi connectivity index (χ1v) is 9.02. The summed E-state index contributed by atoms with van der Waals surface area (Å²) in [5.74, 6) is -0.886. The van der Waals surface area contributed by atoms with Crippen molar-refractivity contribution in [3.05, 3.63) is 64.0 Å². The van der Waals surface area contributed by atoms with Gasteiger partial charge in [-0.1, -0.05) is 53.8 Å². The molecule has 0 unspecified atom stereocenters. The second-order valence-electron chi connectivity index (χ2n) is 5.25. The number of amides is 1. The van der Waals surface area contributed by atoms with E-state index >= 15 is 0 Å². The molecule has 1 amide bonds. The van der Waals surface area contributed by atoms with Crippen LogP contribution in [0.3, 0.4) is 0 Å². The highest BCUT2D eigenvalue weighted by Gasteiger charge is 2.33. The fourth-order valence-electron chi connectivity index (χ4n) is 2.30. The van der Waals surface area contributed by atoms with E-state index in [9.17, 15) is 9.59 Å². The summed E-state index contributed by atoms with van der Waals surface area (Å²) in [7, 11) is 0. The monoisotopic (exact) mass is 405 g/mol. The van der Waals surface area contributed by atoms with Crippen molar-refractivity contribution < 1.29 is 19.4 Å². The predicted octanol–water partition coefficient (Wildman–Crippen LogP) is 4.21. The van der Waals surface area contributed by atoms with Gasteiger partial charge in [-0.3, -0.25) is 9.69 Å². The minimum absolute atomic E-state index is 0.237. The third kappa shape index (κ3) is 4.24. The van der Waals surface area contributed by atoms with Crippen molar-refractivity contribution in [1.82, 2.24) is 0 Å². The summed E-state index contributed by atoms with van der Waals surface area (Å²) in [5, 5.41) is 9.20. The topological polar surface area (TPSA) is 66.8 Å². The van der Waals surface area contributed by atoms with Crippen LogP contribution < -0.4 is 9.64 Å². The Kier molecular flexibility index (Phi) is 5.61. The van der Waals surface area contributed by atoms with Crippen LogP contribution in [0.1, 0.15) is 5.56 Å². The largest absolute Gasteiger partial charge is 0.482 e. The number of anilines is 1. The summed E-state index contributed by atoms with van der Waals surface area (Å²) in [4.78, 5) is 25.2. The molecule has 0 aliphatic carbocycles. The molecule has 132 valence electrons. The molecule has 8 heteroatoms. The maximum absolute atomic E-state index is 12.7. The van der Waals surface area contributed by atoms with Gasteiger partial charge >= 0.3 is 5.97 Å². The highest BCUT2D eigenvalue weighted by Crippen LogP contribution is 2.36. The van der Waals surface area contributed by atoms with Crippen LogP contribution in [0.4, 0.5) is 5.69 Å². The van der Waals surface area contributed by atoms with E-state index in [2.05, 4.69) is 0 Å². The Labute approximate surface area is 164 Å². The van der Waals surface area contributed by atoms with E-state index in [-0.39, 0.29) is 5.91 Å². The number of carbonyl (C=O) groups excluding carboxylic acids is 1. The lowest BCUT2D eigenvalue weighted by molar-refractivity contribution is -0.139. The average molecular weight is 406 g/mol. The number of carboxylic acids is 1. The van der Waals surface area contributed by atoms with Crippen LogP contribution >= 0.6 is 35.6 Å². The van der Waals surface area contributed by atoms with E-state index in [0.717, 1.165) is 0 Å². The van der Waals surface area contributed by atoms with E-state index in [0.29, 0.717) is 31.2 Å². The van der Waals surface area contributed by atoms with Crippen molar-refractivity contribution in [2.24, 2.45) is 0 Å². The van der Waals surface area contributed by atoms with Crippen LogP contribution in [0, 0.1) is 0 Å². The average Bonchev–Trinajstić information content (AvgIpc) is 2.87. The van der Waals surface area contributed by atoms with Gasteiger partial charge in [-0.2, -0.15) is 0 Å². The number of carbonyl (C=O) groups is 2. The maximum Gasteiger partial charge on any atom is 0.341 e. The smallest absolute Gasteiger partial charge is 0.341 e. The Morgan fingerprint density at radius 3 is 2.77 bits per heavy atom. The van der Waals surface area contributed by atoms with E-state index in [4.69, 9.17) is 33.7 Å². The van der Waals surface area contributed by atoms with Gasteiger partial charge in [-0.05, 0) is 42.0 Å². The molecule has 0 saturated carbocycles. The number of nitrogens with zero attached hydrogens (tertiary/aromatic N) is 1. The number of ether oxygens (including phenoxy) is 1. The summed E-state index contributed by atoms with van der Waals surface area (Å²) < 4.78 is 5.57. The summed E-state index contributed by atoms with van der Waals surface area (Å²) in [6, 6.07) is 13.7. The van der Waals surface area contributed by atoms with Gasteiger partial charge in [0.1, 0.15) is 5.75 Å². The first kappa shape index (κ1) is 18.4. The zero-order valence-corrected chi connectivity index (χ0v) is 15.6. The van der Waals surface area contributed by atoms with Gasteiger partial charge in [0.05, 0.1) is 10.6 Å². The van der Waals surface area contributed by atoms with Gasteiger partial charge in [0, 0.05) is 5.02 Å². The Morgan fingerprint density at radius 2 is 2.04 bits per heavy atom. The molecule has 2 aromatic carbocycles. The zero-order valence-electron chi connectivity index (χ0n) is 13.2. The van der Waals surface area contributed by atoms with Crippen molar-refractivity contribution in [3.8, 4) is 5.75 Å². The molecule has 1 aliphatic rings. The maximum atomic E-state index is 12.7. The quantitative estimate of drug-likeness (QED) is 0.593. The molecule has 1 saturated heterocycles. The van der Waals surface area contributed by atoms with E-state index in [1.165, 1.54) is 16.7 Å². The molecule has 5 nitrogen and oxygen atoms in total. The fourth-order valence-corrected chi connectivity index (χ4v) is 3.78. The number of thiocarbonyl (C=S) groups is 1.